The zero-order valence-electron chi connectivity index (χ0n) is 70.7. The molecule has 0 radical (unpaired) electrons. The van der Waals surface area contributed by atoms with Crippen LogP contribution in [0.1, 0.15) is 342 Å². The number of phosphoric ester groups is 2. The lowest BCUT2D eigenvalue weighted by molar-refractivity contribution is -0.161. The van der Waals surface area contributed by atoms with Crippen LogP contribution < -0.4 is 0 Å². The fourth-order valence-electron chi connectivity index (χ4n) is 11.5. The number of ether oxygens (including phenoxy) is 3. The summed E-state index contributed by atoms with van der Waals surface area (Å²) < 4.78 is 61.4. The normalized spacial score (nSPS) is 14.7. The van der Waals surface area contributed by atoms with Gasteiger partial charge in [0.15, 0.2) is 6.10 Å². The summed E-state index contributed by atoms with van der Waals surface area (Å²) in [6.07, 6.45) is 112. The molecule has 113 heavy (non-hydrogen) atoms. The fourth-order valence-corrected chi connectivity index (χ4v) is 13.1. The molecular weight excluding hydrogens is 1460 g/mol. The molecule has 0 aliphatic carbocycles. The van der Waals surface area contributed by atoms with Crippen molar-refractivity contribution in [2.45, 2.75) is 360 Å². The summed E-state index contributed by atoms with van der Waals surface area (Å²) in [7, 11) is -9.83. The van der Waals surface area contributed by atoms with E-state index in [-0.39, 0.29) is 19.3 Å². The van der Waals surface area contributed by atoms with E-state index >= 15 is 0 Å². The minimum absolute atomic E-state index is 0.0679. The Balaban J connectivity index is 4.71. The molecule has 0 aromatic rings. The Hall–Kier alpha value is -5.35. The van der Waals surface area contributed by atoms with Gasteiger partial charge >= 0.3 is 33.6 Å². The highest BCUT2D eigenvalue weighted by Crippen LogP contribution is 2.45. The quantitative estimate of drug-likeness (QED) is 0.0146. The van der Waals surface area contributed by atoms with Gasteiger partial charge in [-0.15, -0.1) is 0 Å². The molecule has 5 unspecified atom stereocenters. The first-order chi connectivity index (χ1) is 55.2. The first kappa shape index (κ1) is 108. The molecule has 16 nitrogen and oxygen atoms in total. The summed E-state index contributed by atoms with van der Waals surface area (Å²) in [4.78, 5) is 58.9. The standard InChI is InChI=1S/C95H158O16P2/c1-4-7-10-13-16-19-22-25-28-31-34-37-40-42-44-46-49-51-54-57-60-63-66-69-72-75-78-81-93(98)105-84-90(96)85-107-112(101,102)108-86-91(97)87-109-113(103,104)110-89-92(111-95(100)83-80-77-74-71-68-65-62-59-56-53-48-39-36-33-30-27-24-21-18-15-12-9-6-3)88-106-94(99)82-79-76-73-70-67-64-61-58-55-52-50-47-45-43-41-38-35-32-29-26-23-20-17-14-11-8-5-2/h7,9-10,12,16-21,25-30,34-39,42-45,53,56,62,65,90-92,96-97H,4-6,8,11,13-15,22-24,31-33,40-41,46-52,54-55,57-61,63-64,66-89H2,1-3H3,(H,101,102)(H,103,104)/b10-7-,12-9-,19-16-,20-17-,21-18-,28-25-,29-26-,30-27-,37-34-,38-35-,39-36-,44-42-,45-43-,56-53-,65-62-. The highest BCUT2D eigenvalue weighted by Gasteiger charge is 2.29. The zero-order chi connectivity index (χ0) is 82.2. The van der Waals surface area contributed by atoms with Crippen LogP contribution in [0.5, 0.6) is 0 Å². The van der Waals surface area contributed by atoms with Gasteiger partial charge in [-0.1, -0.05) is 344 Å². The number of unbranched alkanes of at least 4 members (excludes halogenated alkanes) is 29. The molecule has 0 aliphatic rings. The van der Waals surface area contributed by atoms with Crippen LogP contribution in [0.25, 0.3) is 0 Å². The van der Waals surface area contributed by atoms with E-state index in [2.05, 4.69) is 203 Å². The molecule has 5 atom stereocenters. The van der Waals surface area contributed by atoms with Gasteiger partial charge in [-0.05, 0) is 161 Å². The third kappa shape index (κ3) is 87.3. The van der Waals surface area contributed by atoms with Gasteiger partial charge in [0.05, 0.1) is 26.4 Å². The third-order valence-electron chi connectivity index (χ3n) is 18.1. The number of rotatable bonds is 82. The Kier molecular flexibility index (Phi) is 81.9. The summed E-state index contributed by atoms with van der Waals surface area (Å²) in [5.74, 6) is -1.61. The van der Waals surface area contributed by atoms with Gasteiger partial charge in [-0.2, -0.15) is 0 Å². The van der Waals surface area contributed by atoms with Crippen molar-refractivity contribution in [3.05, 3.63) is 182 Å². The average Bonchev–Trinajstić information content (AvgIpc) is 0.900. The van der Waals surface area contributed by atoms with E-state index in [4.69, 9.17) is 32.3 Å². The molecule has 0 bridgehead atoms. The minimum atomic E-state index is -4.95. The van der Waals surface area contributed by atoms with E-state index in [9.17, 15) is 43.5 Å². The predicted octanol–water partition coefficient (Wildman–Crippen LogP) is 26.9. The maximum absolute atomic E-state index is 13.1. The van der Waals surface area contributed by atoms with Gasteiger partial charge < -0.3 is 34.2 Å². The summed E-state index contributed by atoms with van der Waals surface area (Å²) in [6, 6.07) is 0. The van der Waals surface area contributed by atoms with E-state index in [0.717, 1.165) is 180 Å². The smallest absolute Gasteiger partial charge is 0.463 e. The molecule has 18 heteroatoms. The van der Waals surface area contributed by atoms with Crippen LogP contribution >= 0.6 is 15.6 Å². The van der Waals surface area contributed by atoms with E-state index in [1.165, 1.54) is 103 Å². The van der Waals surface area contributed by atoms with Crippen molar-refractivity contribution < 1.29 is 75.8 Å². The first-order valence-electron chi connectivity index (χ1n) is 44.1. The van der Waals surface area contributed by atoms with Crippen molar-refractivity contribution in [3.8, 4) is 0 Å². The van der Waals surface area contributed by atoms with E-state index in [1.807, 2.05) is 0 Å². The second-order valence-electron chi connectivity index (χ2n) is 28.9. The molecule has 0 aromatic carbocycles. The highest BCUT2D eigenvalue weighted by atomic mass is 31.2. The Labute approximate surface area is 687 Å². The van der Waals surface area contributed by atoms with Gasteiger partial charge in [-0.25, -0.2) is 9.13 Å². The van der Waals surface area contributed by atoms with Gasteiger partial charge in [0.1, 0.15) is 25.4 Å². The van der Waals surface area contributed by atoms with Crippen LogP contribution in [0.4, 0.5) is 0 Å². The van der Waals surface area contributed by atoms with Crippen LogP contribution in [0.15, 0.2) is 182 Å². The van der Waals surface area contributed by atoms with Crippen molar-refractivity contribution in [2.75, 3.05) is 39.6 Å². The van der Waals surface area contributed by atoms with Gasteiger partial charge in [-0.3, -0.25) is 32.5 Å². The van der Waals surface area contributed by atoms with Crippen molar-refractivity contribution in [1.82, 2.24) is 0 Å². The number of esters is 3. The number of aliphatic hydroxyl groups excluding tert-OH is 2. The van der Waals surface area contributed by atoms with Crippen LogP contribution in [0.3, 0.4) is 0 Å². The lowest BCUT2D eigenvalue weighted by Gasteiger charge is -2.21. The molecular formula is C95H158O16P2. The number of allylic oxidation sites excluding steroid dienone is 30. The van der Waals surface area contributed by atoms with Gasteiger partial charge in [0.25, 0.3) is 0 Å². The molecule has 0 rings (SSSR count). The molecule has 0 saturated carbocycles. The number of carbonyl (C=O) groups is 3. The Bertz CT molecular complexity index is 2780. The van der Waals surface area contributed by atoms with Crippen LogP contribution in [-0.4, -0.2) is 95.9 Å². The topological polar surface area (TPSA) is 231 Å². The summed E-state index contributed by atoms with van der Waals surface area (Å²) in [5.41, 5.74) is 0. The van der Waals surface area contributed by atoms with E-state index in [1.54, 1.807) is 0 Å². The van der Waals surface area contributed by atoms with Crippen molar-refractivity contribution in [1.29, 1.82) is 0 Å². The third-order valence-corrected chi connectivity index (χ3v) is 20.0. The molecule has 0 fully saturated rings. The van der Waals surface area contributed by atoms with Crippen LogP contribution in [-0.2, 0) is 55.8 Å². The Morgan fingerprint density at radius 1 is 0.257 bits per heavy atom. The number of hydrogen-bond acceptors (Lipinski definition) is 14. The summed E-state index contributed by atoms with van der Waals surface area (Å²) in [5, 5.41) is 20.7. The number of aliphatic hydroxyl groups is 2. The van der Waals surface area contributed by atoms with E-state index in [0.29, 0.717) is 19.3 Å². The van der Waals surface area contributed by atoms with Crippen LogP contribution in [0, 0.1) is 0 Å². The molecule has 644 valence electrons. The van der Waals surface area contributed by atoms with E-state index < -0.39 is 91.5 Å². The first-order valence-corrected chi connectivity index (χ1v) is 47.1. The van der Waals surface area contributed by atoms with Crippen molar-refractivity contribution >= 4 is 33.6 Å². The molecule has 0 saturated heterocycles. The maximum atomic E-state index is 13.1. The molecule has 0 heterocycles. The Morgan fingerprint density at radius 2 is 0.469 bits per heavy atom. The predicted molar refractivity (Wildman–Crippen MR) is 472 cm³/mol. The monoisotopic (exact) mass is 1620 g/mol. The number of hydrogen-bond donors (Lipinski definition) is 4. The SMILES string of the molecule is CC/C=C\C/C=C\C/C=C\C/C=C\C/C=C\C/C=C\CCCCCCC(=O)OC(COC(=O)CCCCCCCCCCCCC/C=C\C/C=C\C/C=C\C/C=C\CCCCC)COP(=O)(O)OCC(O)COP(=O)(O)OCC(O)COC(=O)CCCCCCCCCCCCC/C=C\C/C=C\C/C=C\C/C=C\C/C=C\CC. The molecule has 0 aliphatic heterocycles. The van der Waals surface area contributed by atoms with Gasteiger partial charge in [0, 0.05) is 19.3 Å². The minimum Gasteiger partial charge on any atom is -0.463 e. The highest BCUT2D eigenvalue weighted by molar-refractivity contribution is 7.47. The number of carbonyl (C=O) groups excluding carboxylic acids is 3. The molecule has 4 N–H and O–H groups in total. The van der Waals surface area contributed by atoms with Crippen molar-refractivity contribution in [2.24, 2.45) is 0 Å². The molecule has 0 amide bonds. The van der Waals surface area contributed by atoms with Crippen LogP contribution in [0.2, 0.25) is 0 Å². The average molecular weight is 1620 g/mol. The lowest BCUT2D eigenvalue weighted by atomic mass is 10.0. The second-order valence-corrected chi connectivity index (χ2v) is 31.8. The summed E-state index contributed by atoms with van der Waals surface area (Å²) in [6.45, 7) is 2.41. The van der Waals surface area contributed by atoms with Crippen molar-refractivity contribution in [3.63, 3.8) is 0 Å². The maximum Gasteiger partial charge on any atom is 0.472 e. The number of phosphoric acid groups is 2. The second kappa shape index (κ2) is 86.0. The lowest BCUT2D eigenvalue weighted by Crippen LogP contribution is -2.30. The zero-order valence-corrected chi connectivity index (χ0v) is 72.5. The Morgan fingerprint density at radius 3 is 0.743 bits per heavy atom. The molecule has 0 aromatic heterocycles. The largest absolute Gasteiger partial charge is 0.472 e. The fraction of sp³-hybridized carbons (Fsp3) is 0.653. The van der Waals surface area contributed by atoms with Gasteiger partial charge in [0.2, 0.25) is 0 Å². The molecule has 0 spiro atoms. The summed E-state index contributed by atoms with van der Waals surface area (Å²) >= 11 is 0.